The largest absolute Gasteiger partial charge is 0.384 e. The summed E-state index contributed by atoms with van der Waals surface area (Å²) in [5.41, 5.74) is 1.44. The summed E-state index contributed by atoms with van der Waals surface area (Å²) in [4.78, 5) is 16.8. The lowest BCUT2D eigenvalue weighted by Crippen LogP contribution is -2.47. The molecule has 5 nitrogen and oxygen atoms in total. The van der Waals surface area contributed by atoms with Gasteiger partial charge in [-0.25, -0.2) is 9.37 Å². The number of hydrogen-bond acceptors (Lipinski definition) is 5. The molecule has 2 N–H and O–H groups in total. The Bertz CT molecular complexity index is 749. The first kappa shape index (κ1) is 24.8. The molecule has 1 aromatic carbocycles. The van der Waals surface area contributed by atoms with Crippen molar-refractivity contribution < 1.29 is 13.9 Å². The van der Waals surface area contributed by atoms with E-state index in [0.29, 0.717) is 18.8 Å². The van der Waals surface area contributed by atoms with E-state index in [9.17, 15) is 9.18 Å². The molecule has 0 radical (unpaired) electrons. The molecular formula is C19H26Cl2FN3O2S. The van der Waals surface area contributed by atoms with Gasteiger partial charge in [0.05, 0.1) is 18.7 Å². The van der Waals surface area contributed by atoms with Crippen molar-refractivity contribution in [1.82, 2.24) is 15.6 Å². The third-order valence-electron chi connectivity index (χ3n) is 4.74. The molecule has 1 saturated heterocycles. The lowest BCUT2D eigenvalue weighted by molar-refractivity contribution is -0.121. The number of rotatable bonds is 7. The van der Waals surface area contributed by atoms with Gasteiger partial charge in [-0.1, -0.05) is 12.1 Å². The zero-order valence-corrected chi connectivity index (χ0v) is 18.2. The van der Waals surface area contributed by atoms with Crippen LogP contribution in [0.4, 0.5) is 4.39 Å². The van der Waals surface area contributed by atoms with E-state index in [1.165, 1.54) is 23.5 Å². The van der Waals surface area contributed by atoms with Crippen molar-refractivity contribution in [3.05, 3.63) is 41.2 Å². The Kier molecular flexibility index (Phi) is 10.3. The average Bonchev–Trinajstić information content (AvgIpc) is 3.10. The van der Waals surface area contributed by atoms with Crippen molar-refractivity contribution in [3.63, 3.8) is 0 Å². The van der Waals surface area contributed by atoms with Crippen LogP contribution in [-0.2, 0) is 16.0 Å². The Morgan fingerprint density at radius 3 is 2.79 bits per heavy atom. The topological polar surface area (TPSA) is 63.2 Å². The summed E-state index contributed by atoms with van der Waals surface area (Å²) in [7, 11) is 1.70. The number of benzene rings is 1. The maximum absolute atomic E-state index is 13.3. The third kappa shape index (κ3) is 6.67. The molecule has 9 heteroatoms. The van der Waals surface area contributed by atoms with Crippen LogP contribution in [0.2, 0.25) is 0 Å². The predicted molar refractivity (Wildman–Crippen MR) is 115 cm³/mol. The van der Waals surface area contributed by atoms with Crippen molar-refractivity contribution in [2.24, 2.45) is 5.41 Å². The van der Waals surface area contributed by atoms with Crippen LogP contribution >= 0.6 is 36.2 Å². The summed E-state index contributed by atoms with van der Waals surface area (Å²) in [6.07, 6.45) is 2.20. The van der Waals surface area contributed by atoms with Crippen molar-refractivity contribution in [2.75, 3.05) is 33.4 Å². The van der Waals surface area contributed by atoms with E-state index < -0.39 is 0 Å². The first-order valence-corrected chi connectivity index (χ1v) is 9.65. The van der Waals surface area contributed by atoms with Crippen LogP contribution in [0, 0.1) is 11.2 Å². The van der Waals surface area contributed by atoms with Gasteiger partial charge in [-0.05, 0) is 38.1 Å². The molecule has 0 atom stereocenters. The summed E-state index contributed by atoms with van der Waals surface area (Å²) in [6.45, 7) is 3.16. The zero-order chi connectivity index (χ0) is 18.4. The van der Waals surface area contributed by atoms with Gasteiger partial charge in [0.2, 0.25) is 5.91 Å². The number of methoxy groups -OCH3 is 1. The SMILES string of the molecule is COCC1(CNC(=O)Cc2csc(-c3cccc(F)c3)n2)CCNCC1.Cl.Cl. The number of piperidine rings is 1. The Labute approximate surface area is 181 Å². The van der Waals surface area contributed by atoms with Gasteiger partial charge in [-0.15, -0.1) is 36.2 Å². The number of halogens is 3. The molecule has 0 aliphatic carbocycles. The van der Waals surface area contributed by atoms with E-state index in [-0.39, 0.29) is 48.4 Å². The lowest BCUT2D eigenvalue weighted by atomic mass is 9.79. The number of carbonyl (C=O) groups excluding carboxylic acids is 1. The van der Waals surface area contributed by atoms with Crippen LogP contribution in [0.1, 0.15) is 18.5 Å². The first-order chi connectivity index (χ1) is 12.6. The van der Waals surface area contributed by atoms with Crippen molar-refractivity contribution in [3.8, 4) is 10.6 Å². The van der Waals surface area contributed by atoms with Gasteiger partial charge >= 0.3 is 0 Å². The standard InChI is InChI=1S/C19H24FN3O2S.2ClH/c1-25-13-19(5-7-21-8-6-19)12-22-17(24)10-16-11-26-18(23-16)14-3-2-4-15(20)9-14;;/h2-4,9,11,21H,5-8,10,12-13H2,1H3,(H,22,24);2*1H. The molecule has 0 unspecified atom stereocenters. The smallest absolute Gasteiger partial charge is 0.226 e. The Morgan fingerprint density at radius 2 is 2.11 bits per heavy atom. The van der Waals surface area contributed by atoms with Crippen molar-refractivity contribution >= 4 is 42.1 Å². The molecule has 0 bridgehead atoms. The van der Waals surface area contributed by atoms with Gasteiger partial charge in [0.1, 0.15) is 10.8 Å². The summed E-state index contributed by atoms with van der Waals surface area (Å²) in [5.74, 6) is -0.336. The minimum atomic E-state index is -0.289. The van der Waals surface area contributed by atoms with Crippen LogP contribution in [0.3, 0.4) is 0 Å². The quantitative estimate of drug-likeness (QED) is 0.678. The van der Waals surface area contributed by atoms with E-state index >= 15 is 0 Å². The van der Waals surface area contributed by atoms with Crippen LogP contribution in [0.25, 0.3) is 10.6 Å². The van der Waals surface area contributed by atoms with Gasteiger partial charge in [-0.3, -0.25) is 4.79 Å². The summed E-state index contributed by atoms with van der Waals surface area (Å²) >= 11 is 1.42. The molecule has 2 aromatic rings. The number of hydrogen-bond donors (Lipinski definition) is 2. The van der Waals surface area contributed by atoms with E-state index in [2.05, 4.69) is 15.6 Å². The molecule has 3 rings (SSSR count). The molecule has 1 fully saturated rings. The second kappa shape index (κ2) is 11.7. The van der Waals surface area contributed by atoms with E-state index in [4.69, 9.17) is 4.74 Å². The summed E-state index contributed by atoms with van der Waals surface area (Å²) < 4.78 is 18.7. The monoisotopic (exact) mass is 449 g/mol. The Balaban J connectivity index is 0.00000196. The molecule has 28 heavy (non-hydrogen) atoms. The maximum atomic E-state index is 13.3. The fraction of sp³-hybridized carbons (Fsp3) is 0.474. The van der Waals surface area contributed by atoms with Crippen LogP contribution in [0.15, 0.2) is 29.6 Å². The number of thiazole rings is 1. The molecular weight excluding hydrogens is 424 g/mol. The molecule has 156 valence electrons. The molecule has 1 aliphatic rings. The Hall–Kier alpha value is -1.25. The fourth-order valence-corrected chi connectivity index (χ4v) is 4.11. The van der Waals surface area contributed by atoms with E-state index in [0.717, 1.165) is 36.5 Å². The fourth-order valence-electron chi connectivity index (χ4n) is 3.29. The Morgan fingerprint density at radius 1 is 1.36 bits per heavy atom. The molecule has 2 heterocycles. The van der Waals surface area contributed by atoms with Crippen LogP contribution in [-0.4, -0.2) is 44.2 Å². The minimum Gasteiger partial charge on any atom is -0.384 e. The predicted octanol–water partition coefficient (Wildman–Crippen LogP) is 3.47. The first-order valence-electron chi connectivity index (χ1n) is 8.77. The van der Waals surface area contributed by atoms with Crippen molar-refractivity contribution in [1.29, 1.82) is 0 Å². The van der Waals surface area contributed by atoms with Gasteiger partial charge in [0, 0.05) is 30.0 Å². The highest BCUT2D eigenvalue weighted by Gasteiger charge is 2.32. The molecule has 1 aliphatic heterocycles. The van der Waals surface area contributed by atoms with Crippen LogP contribution < -0.4 is 10.6 Å². The number of carbonyl (C=O) groups is 1. The molecule has 1 amide bonds. The number of ether oxygens (including phenoxy) is 1. The molecule has 1 aromatic heterocycles. The van der Waals surface area contributed by atoms with E-state index in [1.54, 1.807) is 13.2 Å². The second-order valence-corrected chi connectivity index (χ2v) is 7.65. The molecule has 0 saturated carbocycles. The zero-order valence-electron chi connectivity index (χ0n) is 15.7. The molecule has 0 spiro atoms. The second-order valence-electron chi connectivity index (χ2n) is 6.79. The van der Waals surface area contributed by atoms with Gasteiger partial charge in [0.25, 0.3) is 0 Å². The number of aromatic nitrogens is 1. The average molecular weight is 450 g/mol. The van der Waals surface area contributed by atoms with Crippen LogP contribution in [0.5, 0.6) is 0 Å². The van der Waals surface area contributed by atoms with E-state index in [1.807, 2.05) is 11.4 Å². The van der Waals surface area contributed by atoms with Crippen molar-refractivity contribution in [2.45, 2.75) is 19.3 Å². The third-order valence-corrected chi connectivity index (χ3v) is 5.68. The van der Waals surface area contributed by atoms with Gasteiger partial charge in [0.15, 0.2) is 0 Å². The number of nitrogens with one attached hydrogen (secondary N) is 2. The highest BCUT2D eigenvalue weighted by Crippen LogP contribution is 2.28. The van der Waals surface area contributed by atoms with Gasteiger partial charge in [-0.2, -0.15) is 0 Å². The van der Waals surface area contributed by atoms with Gasteiger partial charge < -0.3 is 15.4 Å². The summed E-state index contributed by atoms with van der Waals surface area (Å²) in [5, 5.41) is 8.97. The summed E-state index contributed by atoms with van der Waals surface area (Å²) in [6, 6.07) is 6.33. The highest BCUT2D eigenvalue weighted by atomic mass is 35.5. The normalized spacial score (nSPS) is 15.2. The maximum Gasteiger partial charge on any atom is 0.226 e. The highest BCUT2D eigenvalue weighted by molar-refractivity contribution is 7.13. The number of amides is 1. The number of nitrogens with zero attached hydrogens (tertiary/aromatic N) is 1. The minimum absolute atomic E-state index is 0. The lowest BCUT2D eigenvalue weighted by Gasteiger charge is -2.37.